The van der Waals surface area contributed by atoms with Crippen LogP contribution >= 0.6 is 11.6 Å². The van der Waals surface area contributed by atoms with Gasteiger partial charge in [0, 0.05) is 28.3 Å². The number of halogens is 1. The summed E-state index contributed by atoms with van der Waals surface area (Å²) < 4.78 is 1.97. The number of hydrogen-bond acceptors (Lipinski definition) is 1. The summed E-state index contributed by atoms with van der Waals surface area (Å²) >= 11 is 6.31. The topological polar surface area (TPSA) is 37.7 Å². The second-order valence-corrected chi connectivity index (χ2v) is 8.70. The molecule has 32 heavy (non-hydrogen) atoms. The zero-order valence-corrected chi connectivity index (χ0v) is 18.5. The molecule has 1 aromatic heterocycles. The zero-order valence-electron chi connectivity index (χ0n) is 17.7. The molecule has 1 aliphatic rings. The summed E-state index contributed by atoms with van der Waals surface area (Å²) in [5.74, 6) is 0.219. The summed E-state index contributed by atoms with van der Waals surface area (Å²) in [6, 6.07) is 24.1. The van der Waals surface area contributed by atoms with Gasteiger partial charge in [-0.05, 0) is 59.7 Å². The van der Waals surface area contributed by atoms with Gasteiger partial charge in [-0.2, -0.15) is 5.10 Å². The maximum Gasteiger partial charge on any atom is 0.182 e. The highest BCUT2D eigenvalue weighted by atomic mass is 35.5. The fourth-order valence-electron chi connectivity index (χ4n) is 4.67. The zero-order chi connectivity index (χ0) is 21.9. The molecule has 1 unspecified atom stereocenters. The summed E-state index contributed by atoms with van der Waals surface area (Å²) in [7, 11) is 0. The lowest BCUT2D eigenvalue weighted by Gasteiger charge is -2.19. The van der Waals surface area contributed by atoms with E-state index in [0.29, 0.717) is 6.54 Å². The van der Waals surface area contributed by atoms with Gasteiger partial charge in [-0.3, -0.25) is 9.79 Å². The summed E-state index contributed by atoms with van der Waals surface area (Å²) in [6.45, 7) is 0.676. The predicted octanol–water partition coefficient (Wildman–Crippen LogP) is 7.28. The Bertz CT molecular complexity index is 1260. The second-order valence-electron chi connectivity index (χ2n) is 8.26. The van der Waals surface area contributed by atoms with Crippen LogP contribution in [-0.4, -0.2) is 9.78 Å². The normalized spacial score (nSPS) is 15.5. The van der Waals surface area contributed by atoms with E-state index in [1.807, 2.05) is 41.2 Å². The van der Waals surface area contributed by atoms with Gasteiger partial charge in [0.2, 0.25) is 0 Å². The van der Waals surface area contributed by atoms with Gasteiger partial charge >= 0.3 is 0 Å². The van der Waals surface area contributed by atoms with Gasteiger partial charge in [0.05, 0.1) is 12.7 Å². The Balaban J connectivity index is 1.45. The molecule has 0 aliphatic heterocycles. The van der Waals surface area contributed by atoms with Crippen LogP contribution in [0.25, 0.3) is 5.57 Å². The maximum absolute atomic E-state index is 12.2. The molecule has 1 radical (unpaired) electrons. The van der Waals surface area contributed by atoms with Gasteiger partial charge in [-0.25, -0.2) is 0 Å². The average Bonchev–Trinajstić information content (AvgIpc) is 3.27. The van der Waals surface area contributed by atoms with Crippen LogP contribution in [0.5, 0.6) is 5.75 Å². The molecule has 1 heterocycles. The van der Waals surface area contributed by atoms with E-state index in [1.54, 1.807) is 6.07 Å². The highest BCUT2D eigenvalue weighted by Gasteiger charge is 2.20. The van der Waals surface area contributed by atoms with Gasteiger partial charge in [-0.15, -0.1) is 0 Å². The Morgan fingerprint density at radius 3 is 2.59 bits per heavy atom. The molecular weight excluding hydrogens is 416 g/mol. The van der Waals surface area contributed by atoms with Gasteiger partial charge < -0.3 is 0 Å². The van der Waals surface area contributed by atoms with Crippen LogP contribution in [0, 0.1) is 0 Å². The molecule has 0 amide bonds. The molecule has 0 bridgehead atoms. The number of hydrogen-bond donors (Lipinski definition) is 0. The third kappa shape index (κ3) is 4.21. The minimum Gasteiger partial charge on any atom is -0.290 e. The molecule has 3 aromatic carbocycles. The maximum atomic E-state index is 12.2. The molecule has 0 saturated heterocycles. The van der Waals surface area contributed by atoms with Crippen molar-refractivity contribution >= 4 is 17.2 Å². The molecule has 159 valence electrons. The summed E-state index contributed by atoms with van der Waals surface area (Å²) in [6.07, 6.45) is 9.17. The second kappa shape index (κ2) is 9.05. The summed E-state index contributed by atoms with van der Waals surface area (Å²) in [4.78, 5) is 0. The molecule has 0 N–H and O–H groups in total. The molecule has 0 spiro atoms. The van der Waals surface area contributed by atoms with E-state index in [1.165, 1.54) is 11.1 Å². The monoisotopic (exact) mass is 439 g/mol. The van der Waals surface area contributed by atoms with E-state index in [9.17, 15) is 5.11 Å². The fourth-order valence-corrected chi connectivity index (χ4v) is 4.87. The van der Waals surface area contributed by atoms with E-state index in [-0.39, 0.29) is 11.7 Å². The Morgan fingerprint density at radius 1 is 0.938 bits per heavy atom. The van der Waals surface area contributed by atoms with Crippen molar-refractivity contribution in [1.29, 1.82) is 0 Å². The molecule has 5 rings (SSSR count). The van der Waals surface area contributed by atoms with Crippen molar-refractivity contribution in [3.05, 3.63) is 124 Å². The average molecular weight is 440 g/mol. The Hall–Kier alpha value is -3.30. The van der Waals surface area contributed by atoms with E-state index in [4.69, 9.17) is 11.6 Å². The third-order valence-electron chi connectivity index (χ3n) is 6.18. The lowest BCUT2D eigenvalue weighted by atomic mass is 9.86. The Kier molecular flexibility index (Phi) is 5.83. The molecule has 4 heteroatoms. The number of rotatable bonds is 5. The van der Waals surface area contributed by atoms with Crippen molar-refractivity contribution in [3.8, 4) is 5.75 Å². The SMILES string of the molecule is [O]c1cccc2c1CCC/C2=C/Cn1cc(C(c2ccccc2)c2cccc(Cl)c2)cn1. The van der Waals surface area contributed by atoms with Crippen LogP contribution in [0.2, 0.25) is 5.02 Å². The number of benzene rings is 3. The van der Waals surface area contributed by atoms with Gasteiger partial charge in [-0.1, -0.05) is 72.3 Å². The van der Waals surface area contributed by atoms with Gasteiger partial charge in [0.15, 0.2) is 5.75 Å². The molecule has 1 aliphatic carbocycles. The molecule has 3 nitrogen and oxygen atoms in total. The number of allylic oxidation sites excluding steroid dienone is 2. The first-order chi connectivity index (χ1) is 15.7. The van der Waals surface area contributed by atoms with E-state index in [0.717, 1.165) is 46.5 Å². The predicted molar refractivity (Wildman–Crippen MR) is 129 cm³/mol. The van der Waals surface area contributed by atoms with E-state index < -0.39 is 0 Å². The lowest BCUT2D eigenvalue weighted by Crippen LogP contribution is -2.04. The minimum absolute atomic E-state index is 0.0646. The van der Waals surface area contributed by atoms with Crippen LogP contribution < -0.4 is 0 Å². The van der Waals surface area contributed by atoms with Crippen molar-refractivity contribution in [1.82, 2.24) is 9.78 Å². The van der Waals surface area contributed by atoms with Gasteiger partial charge in [0.25, 0.3) is 0 Å². The first-order valence-electron chi connectivity index (χ1n) is 11.0. The molecule has 0 fully saturated rings. The van der Waals surface area contributed by atoms with E-state index >= 15 is 0 Å². The van der Waals surface area contributed by atoms with Crippen molar-refractivity contribution in [3.63, 3.8) is 0 Å². The van der Waals surface area contributed by atoms with Crippen LogP contribution in [0.1, 0.15) is 46.6 Å². The van der Waals surface area contributed by atoms with E-state index in [2.05, 4.69) is 53.8 Å². The minimum atomic E-state index is 0.0646. The van der Waals surface area contributed by atoms with Crippen molar-refractivity contribution in [2.45, 2.75) is 31.7 Å². The Morgan fingerprint density at radius 2 is 1.75 bits per heavy atom. The Labute approximate surface area is 193 Å². The largest absolute Gasteiger partial charge is 0.290 e. The molecule has 1 atom stereocenters. The number of fused-ring (bicyclic) bond motifs is 1. The lowest BCUT2D eigenvalue weighted by molar-refractivity contribution is 0.349. The quantitative estimate of drug-likeness (QED) is 0.322. The van der Waals surface area contributed by atoms with Crippen LogP contribution in [-0.2, 0) is 18.1 Å². The van der Waals surface area contributed by atoms with Crippen molar-refractivity contribution in [2.75, 3.05) is 0 Å². The molecule has 0 saturated carbocycles. The van der Waals surface area contributed by atoms with Crippen molar-refractivity contribution < 1.29 is 5.11 Å². The summed E-state index contributed by atoms with van der Waals surface area (Å²) in [5.41, 5.74) is 6.79. The van der Waals surface area contributed by atoms with Crippen molar-refractivity contribution in [2.24, 2.45) is 0 Å². The summed E-state index contributed by atoms with van der Waals surface area (Å²) in [5, 5.41) is 17.6. The first-order valence-corrected chi connectivity index (χ1v) is 11.4. The molecule has 4 aromatic rings. The van der Waals surface area contributed by atoms with Crippen LogP contribution in [0.3, 0.4) is 0 Å². The molecular formula is C28H24ClN2O. The fraction of sp³-hybridized carbons (Fsp3) is 0.179. The van der Waals surface area contributed by atoms with Crippen LogP contribution in [0.4, 0.5) is 0 Å². The number of nitrogens with zero attached hydrogens (tertiary/aromatic N) is 2. The first kappa shape index (κ1) is 20.6. The standard InChI is InChI=1S/C28H24ClN2O/c29-24-11-4-10-22(17-24)28(21-7-2-1-3-8-21)23-18-30-31(19-23)16-15-20-9-5-13-26-25(20)12-6-14-27(26)32/h1-4,6-8,10-12,14-15,17-19,28H,5,9,13,16H2/b20-15-. The third-order valence-corrected chi connectivity index (χ3v) is 6.41. The highest BCUT2D eigenvalue weighted by Crippen LogP contribution is 2.36. The number of aromatic nitrogens is 2. The van der Waals surface area contributed by atoms with Crippen LogP contribution in [0.15, 0.2) is 91.3 Å². The van der Waals surface area contributed by atoms with Gasteiger partial charge in [0.1, 0.15) is 0 Å². The smallest absolute Gasteiger partial charge is 0.182 e. The highest BCUT2D eigenvalue weighted by molar-refractivity contribution is 6.30.